The fourth-order valence-corrected chi connectivity index (χ4v) is 4.15. The van der Waals surface area contributed by atoms with Crippen molar-refractivity contribution in [2.24, 2.45) is 5.92 Å². The maximum atomic E-state index is 13.2. The Morgan fingerprint density at radius 1 is 0.882 bits per heavy atom. The van der Waals surface area contributed by atoms with Gasteiger partial charge >= 0.3 is 0 Å². The highest BCUT2D eigenvalue weighted by atomic mass is 16.2. The molecule has 5 nitrogen and oxygen atoms in total. The van der Waals surface area contributed by atoms with E-state index in [2.05, 4.69) is 35.8 Å². The van der Waals surface area contributed by atoms with E-state index in [0.717, 1.165) is 27.7 Å². The fraction of sp³-hybridized carbons (Fsp3) is 0.241. The van der Waals surface area contributed by atoms with Gasteiger partial charge in [0.1, 0.15) is 5.69 Å². The Labute approximate surface area is 200 Å². The topological polar surface area (TPSA) is 63.1 Å². The Hall–Kier alpha value is -3.86. The summed E-state index contributed by atoms with van der Waals surface area (Å²) in [5.41, 5.74) is 5.64. The molecule has 0 saturated carbocycles. The Bertz CT molecular complexity index is 1310. The summed E-state index contributed by atoms with van der Waals surface area (Å²) in [6, 6.07) is 25.9. The number of hydrogen-bond acceptors (Lipinski definition) is 2. The number of nitrogens with zero attached hydrogens (tertiary/aromatic N) is 1. The molecule has 4 aromatic rings. The first-order chi connectivity index (χ1) is 16.4. The standard InChI is InChI=1S/C29H31N3O2/c1-20(2)14-28(33)31-25-12-13-26-24(16-25)17-27(29(34)30-18-22-9-5-4-6-10-22)32(26)19-23-11-7-8-21(3)15-23/h4-13,15-17,20H,14,18-19H2,1-3H3,(H,30,34)(H,31,33). The van der Waals surface area contributed by atoms with Gasteiger partial charge in [-0.2, -0.15) is 0 Å². The molecule has 174 valence electrons. The molecule has 0 radical (unpaired) electrons. The molecule has 0 aliphatic carbocycles. The Kier molecular flexibility index (Phi) is 7.12. The van der Waals surface area contributed by atoms with E-state index in [9.17, 15) is 9.59 Å². The van der Waals surface area contributed by atoms with Crippen molar-refractivity contribution in [1.29, 1.82) is 0 Å². The minimum Gasteiger partial charge on any atom is -0.347 e. The van der Waals surface area contributed by atoms with Gasteiger partial charge in [0.2, 0.25) is 5.91 Å². The quantitative estimate of drug-likeness (QED) is 0.348. The minimum atomic E-state index is -0.127. The summed E-state index contributed by atoms with van der Waals surface area (Å²) in [5, 5.41) is 6.95. The second-order valence-electron chi connectivity index (χ2n) is 9.19. The lowest BCUT2D eigenvalue weighted by Crippen LogP contribution is -2.25. The molecule has 0 spiro atoms. The highest BCUT2D eigenvalue weighted by Crippen LogP contribution is 2.25. The molecule has 5 heteroatoms. The summed E-state index contributed by atoms with van der Waals surface area (Å²) >= 11 is 0. The van der Waals surface area contributed by atoms with Gasteiger partial charge in [0.05, 0.1) is 0 Å². The van der Waals surface area contributed by atoms with E-state index in [1.165, 1.54) is 5.56 Å². The van der Waals surface area contributed by atoms with Crippen LogP contribution in [0.4, 0.5) is 5.69 Å². The van der Waals surface area contributed by atoms with Crippen molar-refractivity contribution in [3.8, 4) is 0 Å². The van der Waals surface area contributed by atoms with Gasteiger partial charge in [0, 0.05) is 36.1 Å². The molecule has 0 unspecified atom stereocenters. The van der Waals surface area contributed by atoms with E-state index >= 15 is 0 Å². The zero-order valence-electron chi connectivity index (χ0n) is 20.0. The Balaban J connectivity index is 1.66. The molecule has 2 N–H and O–H groups in total. The molecular formula is C29H31N3O2. The van der Waals surface area contributed by atoms with Crippen LogP contribution in [0.2, 0.25) is 0 Å². The summed E-state index contributed by atoms with van der Waals surface area (Å²) < 4.78 is 2.05. The number of fused-ring (bicyclic) bond motifs is 1. The molecular weight excluding hydrogens is 422 g/mol. The zero-order chi connectivity index (χ0) is 24.1. The smallest absolute Gasteiger partial charge is 0.268 e. The van der Waals surface area contributed by atoms with Gasteiger partial charge < -0.3 is 15.2 Å². The molecule has 1 heterocycles. The minimum absolute atomic E-state index is 0.00521. The average molecular weight is 454 g/mol. The number of carbonyl (C=O) groups is 2. The second kappa shape index (κ2) is 10.4. The molecule has 0 aliphatic rings. The fourth-order valence-electron chi connectivity index (χ4n) is 4.15. The maximum absolute atomic E-state index is 13.2. The first-order valence-corrected chi connectivity index (χ1v) is 11.7. The van der Waals surface area contributed by atoms with Crippen molar-refractivity contribution in [1.82, 2.24) is 9.88 Å². The number of aromatic nitrogens is 1. The number of rotatable bonds is 8. The summed E-state index contributed by atoms with van der Waals surface area (Å²) in [4.78, 5) is 25.5. The van der Waals surface area contributed by atoms with Crippen LogP contribution in [0.5, 0.6) is 0 Å². The van der Waals surface area contributed by atoms with Crippen molar-refractivity contribution >= 4 is 28.4 Å². The lowest BCUT2D eigenvalue weighted by molar-refractivity contribution is -0.116. The van der Waals surface area contributed by atoms with Crippen LogP contribution in [-0.2, 0) is 17.9 Å². The van der Waals surface area contributed by atoms with Gasteiger partial charge in [-0.1, -0.05) is 74.0 Å². The molecule has 0 aliphatic heterocycles. The van der Waals surface area contributed by atoms with Gasteiger partial charge in [-0.3, -0.25) is 9.59 Å². The molecule has 0 bridgehead atoms. The van der Waals surface area contributed by atoms with Crippen LogP contribution in [0, 0.1) is 12.8 Å². The van der Waals surface area contributed by atoms with Gasteiger partial charge in [-0.25, -0.2) is 0 Å². The summed E-state index contributed by atoms with van der Waals surface area (Å²) in [7, 11) is 0. The predicted octanol–water partition coefficient (Wildman–Crippen LogP) is 5.91. The third kappa shape index (κ3) is 5.73. The summed E-state index contributed by atoms with van der Waals surface area (Å²) in [5.74, 6) is 0.159. The SMILES string of the molecule is Cc1cccc(Cn2c(C(=O)NCc3ccccc3)cc3cc(NC(=O)CC(C)C)ccc32)c1. The Morgan fingerprint density at radius 3 is 2.38 bits per heavy atom. The summed E-state index contributed by atoms with van der Waals surface area (Å²) in [6.07, 6.45) is 0.472. The number of anilines is 1. The predicted molar refractivity (Wildman–Crippen MR) is 138 cm³/mol. The van der Waals surface area contributed by atoms with E-state index in [4.69, 9.17) is 0 Å². The highest BCUT2D eigenvalue weighted by molar-refractivity contribution is 6.00. The largest absolute Gasteiger partial charge is 0.347 e. The van der Waals surface area contributed by atoms with Crippen molar-refractivity contribution in [2.45, 2.75) is 40.3 Å². The van der Waals surface area contributed by atoms with E-state index in [1.54, 1.807) is 0 Å². The van der Waals surface area contributed by atoms with Gasteiger partial charge in [0.15, 0.2) is 0 Å². The molecule has 1 aromatic heterocycles. The molecule has 34 heavy (non-hydrogen) atoms. The number of nitrogens with one attached hydrogen (secondary N) is 2. The number of carbonyl (C=O) groups excluding carboxylic acids is 2. The number of hydrogen-bond donors (Lipinski definition) is 2. The van der Waals surface area contributed by atoms with Gasteiger partial charge in [-0.15, -0.1) is 0 Å². The third-order valence-corrected chi connectivity index (χ3v) is 5.73. The first-order valence-electron chi connectivity index (χ1n) is 11.7. The van der Waals surface area contributed by atoms with Crippen LogP contribution in [0.1, 0.15) is 47.4 Å². The number of benzene rings is 3. The number of aryl methyl sites for hydroxylation is 1. The Morgan fingerprint density at radius 2 is 1.65 bits per heavy atom. The average Bonchev–Trinajstić information content (AvgIpc) is 3.15. The number of amides is 2. The first kappa shape index (κ1) is 23.3. The van der Waals surface area contributed by atoms with Crippen LogP contribution < -0.4 is 10.6 Å². The van der Waals surface area contributed by atoms with Crippen LogP contribution in [-0.4, -0.2) is 16.4 Å². The molecule has 0 saturated heterocycles. The lowest BCUT2D eigenvalue weighted by atomic mass is 10.1. The van der Waals surface area contributed by atoms with Crippen LogP contribution in [0.25, 0.3) is 10.9 Å². The van der Waals surface area contributed by atoms with Crippen molar-refractivity contribution in [2.75, 3.05) is 5.32 Å². The van der Waals surface area contributed by atoms with E-state index in [1.807, 2.05) is 79.1 Å². The maximum Gasteiger partial charge on any atom is 0.268 e. The molecule has 0 fully saturated rings. The third-order valence-electron chi connectivity index (χ3n) is 5.73. The van der Waals surface area contributed by atoms with Crippen molar-refractivity contribution < 1.29 is 9.59 Å². The molecule has 0 atom stereocenters. The van der Waals surface area contributed by atoms with Crippen LogP contribution in [0.15, 0.2) is 78.9 Å². The van der Waals surface area contributed by atoms with Crippen molar-refractivity contribution in [3.05, 3.63) is 101 Å². The van der Waals surface area contributed by atoms with E-state index < -0.39 is 0 Å². The molecule has 3 aromatic carbocycles. The van der Waals surface area contributed by atoms with Crippen LogP contribution in [0.3, 0.4) is 0 Å². The molecule has 2 amide bonds. The highest BCUT2D eigenvalue weighted by Gasteiger charge is 2.17. The van der Waals surface area contributed by atoms with E-state index in [-0.39, 0.29) is 11.8 Å². The van der Waals surface area contributed by atoms with Crippen molar-refractivity contribution in [3.63, 3.8) is 0 Å². The van der Waals surface area contributed by atoms with Gasteiger partial charge in [0.25, 0.3) is 5.91 Å². The lowest BCUT2D eigenvalue weighted by Gasteiger charge is -2.12. The van der Waals surface area contributed by atoms with E-state index in [0.29, 0.717) is 31.1 Å². The summed E-state index contributed by atoms with van der Waals surface area (Å²) in [6.45, 7) is 7.15. The molecule has 4 rings (SSSR count). The monoisotopic (exact) mass is 453 g/mol. The normalized spacial score (nSPS) is 11.1. The second-order valence-corrected chi connectivity index (χ2v) is 9.19. The van der Waals surface area contributed by atoms with Crippen LogP contribution >= 0.6 is 0 Å². The zero-order valence-corrected chi connectivity index (χ0v) is 20.0. The van der Waals surface area contributed by atoms with Gasteiger partial charge in [-0.05, 0) is 48.2 Å².